The van der Waals surface area contributed by atoms with Crippen LogP contribution in [0.3, 0.4) is 0 Å². The molecule has 81 heavy (non-hydrogen) atoms. The fourth-order valence-electron chi connectivity index (χ4n) is 9.68. The Labute approximate surface area is 486 Å². The van der Waals surface area contributed by atoms with Crippen LogP contribution in [0.4, 0.5) is 10.2 Å². The van der Waals surface area contributed by atoms with E-state index in [0.717, 1.165) is 45.7 Å². The summed E-state index contributed by atoms with van der Waals surface area (Å²) in [5.74, 6) is -1.59. The van der Waals surface area contributed by atoms with E-state index in [1.165, 1.54) is 17.0 Å². The molecule has 2 fully saturated rings. The lowest BCUT2D eigenvalue weighted by Crippen LogP contribution is -2.50. The highest BCUT2D eigenvalue weighted by atomic mass is 35.5. The minimum absolute atomic E-state index is 0.00676. The molecule has 2 saturated heterocycles. The minimum atomic E-state index is -0.845. The van der Waals surface area contributed by atoms with E-state index in [2.05, 4.69) is 20.4 Å². The number of carbonyl (C=O) groups excluding carboxylic acids is 4. The molecule has 4 atom stereocenters. The molecule has 0 spiro atoms. The molecule has 440 valence electrons. The molecule has 5 heterocycles. The highest BCUT2D eigenvalue weighted by molar-refractivity contribution is 7.13. The number of rotatable bonds is 30. The summed E-state index contributed by atoms with van der Waals surface area (Å²) < 4.78 is 50.2. The zero-order chi connectivity index (χ0) is 58.1. The summed E-state index contributed by atoms with van der Waals surface area (Å²) in [7, 11) is 0. The van der Waals surface area contributed by atoms with Crippen LogP contribution in [0.15, 0.2) is 66.6 Å². The number of benzene rings is 2. The fraction of sp³-hybridized carbons (Fsp3) is 0.534. The molecular formula is C58H75Cl2FN8O11S. The Hall–Kier alpha value is -5.62. The number of pyridine rings is 1. The predicted molar refractivity (Wildman–Crippen MR) is 306 cm³/mol. The van der Waals surface area contributed by atoms with Crippen LogP contribution in [0.2, 0.25) is 10.0 Å². The maximum Gasteiger partial charge on any atom is 0.243 e. The van der Waals surface area contributed by atoms with E-state index in [-0.39, 0.29) is 97.4 Å². The van der Waals surface area contributed by atoms with Crippen LogP contribution in [0.1, 0.15) is 95.2 Å². The molecule has 2 aliphatic heterocycles. The van der Waals surface area contributed by atoms with Gasteiger partial charge < -0.3 is 54.4 Å². The first-order valence-corrected chi connectivity index (χ1v) is 29.0. The number of aromatic nitrogens is 4. The van der Waals surface area contributed by atoms with Gasteiger partial charge in [-0.1, -0.05) is 68.2 Å². The van der Waals surface area contributed by atoms with E-state index in [1.807, 2.05) is 73.2 Å². The number of piperidine rings is 1. The molecule has 0 saturated carbocycles. The number of aliphatic hydroxyl groups is 1. The minimum Gasteiger partial charge on any atom is -0.482 e. The molecule has 3 amide bonds. The van der Waals surface area contributed by atoms with Crippen LogP contribution in [-0.4, -0.2) is 156 Å². The molecule has 23 heteroatoms. The number of amides is 3. The molecular weight excluding hydrogens is 1110 g/mol. The first-order valence-electron chi connectivity index (χ1n) is 27.4. The Bertz CT molecular complexity index is 2860. The van der Waals surface area contributed by atoms with Crippen molar-refractivity contribution in [3.8, 4) is 27.3 Å². The van der Waals surface area contributed by atoms with Gasteiger partial charge in [0.1, 0.15) is 23.7 Å². The molecule has 5 aromatic rings. The number of hydrogen-bond donors (Lipinski definition) is 3. The number of carbonyl (C=O) groups is 4. The topological polar surface area (TPSA) is 232 Å². The van der Waals surface area contributed by atoms with Crippen LogP contribution in [0.5, 0.6) is 5.75 Å². The molecule has 0 unspecified atom stereocenters. The quantitative estimate of drug-likeness (QED) is 0.0289. The normalized spacial score (nSPS) is 16.7. The largest absolute Gasteiger partial charge is 0.482 e. The molecule has 2 aromatic carbocycles. The number of ketones is 1. The predicted octanol–water partition coefficient (Wildman–Crippen LogP) is 8.47. The molecule has 4 N–H and O–H groups in total. The van der Waals surface area contributed by atoms with Crippen molar-refractivity contribution in [1.29, 1.82) is 0 Å². The van der Waals surface area contributed by atoms with Crippen molar-refractivity contribution in [2.75, 3.05) is 91.4 Å². The van der Waals surface area contributed by atoms with Gasteiger partial charge in [0.2, 0.25) is 17.7 Å². The van der Waals surface area contributed by atoms with Crippen LogP contribution in [0.25, 0.3) is 21.6 Å². The number of nitrogen functional groups attached to an aromatic ring is 1. The lowest BCUT2D eigenvalue weighted by atomic mass is 9.76. The lowest BCUT2D eigenvalue weighted by molar-refractivity contribution is -0.146. The number of hydrogen-bond acceptors (Lipinski definition) is 16. The summed E-state index contributed by atoms with van der Waals surface area (Å²) in [5, 5.41) is 18.3. The third kappa shape index (κ3) is 18.2. The van der Waals surface area contributed by atoms with Crippen molar-refractivity contribution in [1.82, 2.24) is 34.9 Å². The Morgan fingerprint density at radius 3 is 2.10 bits per heavy atom. The van der Waals surface area contributed by atoms with Gasteiger partial charge in [0.15, 0.2) is 11.6 Å². The second kappa shape index (κ2) is 30.6. The van der Waals surface area contributed by atoms with Crippen molar-refractivity contribution in [2.24, 2.45) is 11.3 Å². The second-order valence-corrected chi connectivity index (χ2v) is 22.9. The van der Waals surface area contributed by atoms with Crippen LogP contribution >= 0.6 is 34.5 Å². The molecule has 0 radical (unpaired) electrons. The van der Waals surface area contributed by atoms with Gasteiger partial charge in [-0.15, -0.1) is 11.3 Å². The number of anilines is 1. The van der Waals surface area contributed by atoms with Gasteiger partial charge in [0.05, 0.1) is 112 Å². The van der Waals surface area contributed by atoms with E-state index in [1.54, 1.807) is 36.7 Å². The summed E-state index contributed by atoms with van der Waals surface area (Å²) in [4.78, 5) is 66.6. The van der Waals surface area contributed by atoms with Gasteiger partial charge in [-0.25, -0.2) is 14.4 Å². The van der Waals surface area contributed by atoms with Crippen LogP contribution in [0, 0.1) is 24.1 Å². The van der Waals surface area contributed by atoms with E-state index in [0.29, 0.717) is 77.3 Å². The number of Topliss-reactive ketones (excluding diaryl/α,β-unsaturated/α-hetero) is 1. The number of likely N-dealkylation sites (tertiary alicyclic amines) is 2. The monoisotopic (exact) mass is 1180 g/mol. The van der Waals surface area contributed by atoms with Crippen LogP contribution in [-0.2, 0) is 49.4 Å². The first-order chi connectivity index (χ1) is 38.9. The maximum absolute atomic E-state index is 14.2. The fourth-order valence-corrected chi connectivity index (χ4v) is 11.2. The zero-order valence-corrected chi connectivity index (χ0v) is 49.0. The van der Waals surface area contributed by atoms with E-state index in [4.69, 9.17) is 57.4 Å². The van der Waals surface area contributed by atoms with Crippen LogP contribution < -0.4 is 15.8 Å². The van der Waals surface area contributed by atoms with Crippen molar-refractivity contribution in [3.05, 3.63) is 99.2 Å². The summed E-state index contributed by atoms with van der Waals surface area (Å²) in [6.45, 7) is 14.1. The van der Waals surface area contributed by atoms with E-state index in [9.17, 15) is 28.7 Å². The number of aliphatic hydroxyl groups excluding tert-OH is 1. The molecule has 7 rings (SSSR count). The number of nitrogens with one attached hydrogen (secondary N) is 1. The number of nitrogens with zero attached hydrogens (tertiary/aromatic N) is 6. The molecule has 3 aromatic heterocycles. The number of halogens is 3. The number of ether oxygens (including phenoxy) is 6. The Balaban J connectivity index is 0.678. The van der Waals surface area contributed by atoms with Gasteiger partial charge >= 0.3 is 0 Å². The van der Waals surface area contributed by atoms with Gasteiger partial charge in [0, 0.05) is 85.5 Å². The number of aryl methyl sites for hydroxylation is 1. The SMILES string of the molecule is Cc1ncsc1-c1ccc(CNC(=O)[C@@H]2C[C@@H](O)CN2C(=O)[C@@H](CC(=O)CCOCCOCCOCCOCCOCCC(=O)N2CCC(n3cc(-c4cnc(N)c(O[C@H](C)c5c(Cl)ccc(F)c5Cl)c4)cn3)CC2)C(C)(C)C)cc1. The lowest BCUT2D eigenvalue weighted by Gasteiger charge is -2.34. The summed E-state index contributed by atoms with van der Waals surface area (Å²) >= 11 is 14.1. The summed E-state index contributed by atoms with van der Waals surface area (Å²) in [6, 6.07) is 11.5. The van der Waals surface area contributed by atoms with Crippen molar-refractivity contribution in [3.63, 3.8) is 0 Å². The number of thiazole rings is 1. The highest BCUT2D eigenvalue weighted by Gasteiger charge is 2.44. The third-order valence-corrected chi connectivity index (χ3v) is 16.0. The molecule has 19 nitrogen and oxygen atoms in total. The summed E-state index contributed by atoms with van der Waals surface area (Å²) in [6.07, 6.45) is 5.76. The van der Waals surface area contributed by atoms with Gasteiger partial charge in [-0.3, -0.25) is 23.9 Å². The first kappa shape index (κ1) is 63.0. The molecule has 0 bridgehead atoms. The Kier molecular flexibility index (Phi) is 23.8. The zero-order valence-electron chi connectivity index (χ0n) is 46.7. The van der Waals surface area contributed by atoms with Crippen molar-refractivity contribution >= 4 is 63.9 Å². The standard InChI is InChI=1S/C58H75Cl2FN8O11S/c1-37-54(81-36-65-37)40-8-6-39(7-9-40)31-64-56(73)49-30-45(71)35-68(49)57(74)46(58(3,4)5)29-44(70)14-18-75-20-22-77-24-26-79-27-25-78-23-21-76-19-15-51(72)67-16-12-43(13-17-67)69-34-42(33-66-69)41-28-50(55(62)63-32-41)80-38(2)52-47(59)10-11-48(61)53(52)60/h6-11,28,32-34,36,38,43,45-46,49,71H,12-27,29-31,35H2,1-5H3,(H2,62,63)(H,64,73)/t38-,45-,46-,49+/m1/s1. The van der Waals surface area contributed by atoms with Crippen molar-refractivity contribution < 1.29 is 57.1 Å². The number of β-amino-alcohol motifs (C(OH)–C–C–N with tert-alkyl or cyclic N) is 1. The molecule has 0 aliphatic carbocycles. The average molecular weight is 1180 g/mol. The van der Waals surface area contributed by atoms with Gasteiger partial charge in [-0.2, -0.15) is 5.10 Å². The smallest absolute Gasteiger partial charge is 0.243 e. The Morgan fingerprint density at radius 2 is 1.48 bits per heavy atom. The maximum atomic E-state index is 14.2. The van der Waals surface area contributed by atoms with Crippen molar-refractivity contribution in [2.45, 2.75) is 104 Å². The van der Waals surface area contributed by atoms with E-state index < -0.39 is 35.4 Å². The van der Waals surface area contributed by atoms with E-state index >= 15 is 0 Å². The van der Waals surface area contributed by atoms with Gasteiger partial charge in [-0.05, 0) is 61.4 Å². The second-order valence-electron chi connectivity index (χ2n) is 21.2. The molecule has 2 aliphatic rings. The number of nitrogens with two attached hydrogens (primary N) is 1. The average Bonchev–Trinajstić information content (AvgIpc) is 4.24. The van der Waals surface area contributed by atoms with Gasteiger partial charge in [0.25, 0.3) is 0 Å². The Morgan fingerprint density at radius 1 is 0.852 bits per heavy atom. The summed E-state index contributed by atoms with van der Waals surface area (Å²) in [5.41, 5.74) is 12.1. The third-order valence-electron chi connectivity index (χ3n) is 14.3. The highest BCUT2D eigenvalue weighted by Crippen LogP contribution is 2.38.